The van der Waals surface area contributed by atoms with E-state index >= 15 is 0 Å². The van der Waals surface area contributed by atoms with Gasteiger partial charge in [0.1, 0.15) is 12.1 Å². The van der Waals surface area contributed by atoms with Crippen LogP contribution in [0.2, 0.25) is 0 Å². The van der Waals surface area contributed by atoms with E-state index in [1.165, 1.54) is 7.05 Å². The molecule has 1 aromatic rings. The van der Waals surface area contributed by atoms with Crippen LogP contribution in [0.25, 0.3) is 0 Å². The van der Waals surface area contributed by atoms with E-state index < -0.39 is 36.1 Å². The van der Waals surface area contributed by atoms with Crippen molar-refractivity contribution in [3.8, 4) is 0 Å². The summed E-state index contributed by atoms with van der Waals surface area (Å²) in [5.41, 5.74) is -1.79. The summed E-state index contributed by atoms with van der Waals surface area (Å²) in [6.07, 6.45) is -4.63. The smallest absolute Gasteiger partial charge is 0.414 e. The van der Waals surface area contributed by atoms with Gasteiger partial charge in [-0.3, -0.25) is 9.58 Å². The fourth-order valence-corrected chi connectivity index (χ4v) is 1.50. The lowest BCUT2D eigenvalue weighted by Gasteiger charge is -2.24. The summed E-state index contributed by atoms with van der Waals surface area (Å²) >= 11 is 0. The van der Waals surface area contributed by atoms with Crippen LogP contribution in [-0.2, 0) is 11.3 Å². The van der Waals surface area contributed by atoms with Gasteiger partial charge in [-0.15, -0.1) is 0 Å². The van der Waals surface area contributed by atoms with Gasteiger partial charge in [0.05, 0.1) is 11.9 Å². The molecule has 10 heteroatoms. The van der Waals surface area contributed by atoms with Crippen molar-refractivity contribution in [1.29, 1.82) is 0 Å². The standard InChI is InChI=1S/C12H16F3N3O4/c1-11(2,3)22-10(21)17(4)7-5-18(6-12(13,14)15)16-8(7)9(19)20/h5H,6H2,1-4H3,(H,19,20). The number of aromatic nitrogens is 2. The molecule has 0 saturated carbocycles. The van der Waals surface area contributed by atoms with Crippen LogP contribution in [0.5, 0.6) is 0 Å². The molecule has 0 saturated heterocycles. The molecule has 0 atom stereocenters. The van der Waals surface area contributed by atoms with E-state index in [9.17, 15) is 22.8 Å². The molecule has 1 aromatic heterocycles. The minimum Gasteiger partial charge on any atom is -0.476 e. The molecule has 0 aliphatic carbocycles. The molecule has 1 rings (SSSR count). The predicted molar refractivity (Wildman–Crippen MR) is 69.9 cm³/mol. The normalized spacial score (nSPS) is 12.1. The van der Waals surface area contributed by atoms with Crippen LogP contribution in [0.4, 0.5) is 23.7 Å². The molecule has 0 aliphatic rings. The minimum absolute atomic E-state index is 0.286. The van der Waals surface area contributed by atoms with Crippen LogP contribution in [0, 0.1) is 0 Å². The second-order valence-electron chi connectivity index (χ2n) is 5.52. The fraction of sp³-hybridized carbons (Fsp3) is 0.583. The van der Waals surface area contributed by atoms with Gasteiger partial charge in [-0.25, -0.2) is 9.59 Å². The second kappa shape index (κ2) is 5.85. The van der Waals surface area contributed by atoms with Crippen molar-refractivity contribution in [3.63, 3.8) is 0 Å². The summed E-state index contributed by atoms with van der Waals surface area (Å²) in [5.74, 6) is -1.55. The Morgan fingerprint density at radius 1 is 1.36 bits per heavy atom. The Hall–Kier alpha value is -2.26. The molecule has 0 aliphatic heterocycles. The number of anilines is 1. The van der Waals surface area contributed by atoms with Gasteiger partial charge in [-0.1, -0.05) is 0 Å². The van der Waals surface area contributed by atoms with Crippen LogP contribution in [-0.4, -0.2) is 45.8 Å². The number of hydrogen-bond donors (Lipinski definition) is 1. The van der Waals surface area contributed by atoms with E-state index in [1.807, 2.05) is 0 Å². The van der Waals surface area contributed by atoms with E-state index in [0.717, 1.165) is 11.1 Å². The van der Waals surface area contributed by atoms with Crippen molar-refractivity contribution in [2.75, 3.05) is 11.9 Å². The summed E-state index contributed by atoms with van der Waals surface area (Å²) in [5, 5.41) is 12.3. The van der Waals surface area contributed by atoms with Gasteiger partial charge in [-0.05, 0) is 20.8 Å². The molecule has 0 bridgehead atoms. The van der Waals surface area contributed by atoms with Crippen molar-refractivity contribution >= 4 is 17.7 Å². The Labute approximate surface area is 124 Å². The van der Waals surface area contributed by atoms with Crippen molar-refractivity contribution in [3.05, 3.63) is 11.9 Å². The summed E-state index contributed by atoms with van der Waals surface area (Å²) in [6.45, 7) is 3.34. The first-order valence-corrected chi connectivity index (χ1v) is 6.14. The highest BCUT2D eigenvalue weighted by Crippen LogP contribution is 2.24. The van der Waals surface area contributed by atoms with E-state index in [2.05, 4.69) is 5.10 Å². The number of halogens is 3. The number of carbonyl (C=O) groups excluding carboxylic acids is 1. The highest BCUT2D eigenvalue weighted by Gasteiger charge is 2.32. The van der Waals surface area contributed by atoms with Gasteiger partial charge in [0.15, 0.2) is 5.69 Å². The molecule has 22 heavy (non-hydrogen) atoms. The summed E-state index contributed by atoms with van der Waals surface area (Å²) in [6, 6.07) is 0. The summed E-state index contributed by atoms with van der Waals surface area (Å²) in [4.78, 5) is 23.8. The number of aromatic carboxylic acids is 1. The van der Waals surface area contributed by atoms with Crippen molar-refractivity contribution in [2.24, 2.45) is 0 Å². The Morgan fingerprint density at radius 2 is 1.91 bits per heavy atom. The molecule has 0 fully saturated rings. The van der Waals surface area contributed by atoms with E-state index in [1.54, 1.807) is 20.8 Å². The Balaban J connectivity index is 3.11. The molecule has 0 spiro atoms. The zero-order valence-electron chi connectivity index (χ0n) is 12.4. The molecule has 0 aromatic carbocycles. The maximum atomic E-state index is 12.4. The lowest BCUT2D eigenvalue weighted by molar-refractivity contribution is -0.142. The Morgan fingerprint density at radius 3 is 2.32 bits per heavy atom. The molecule has 0 unspecified atom stereocenters. The minimum atomic E-state index is -4.57. The first-order chi connectivity index (χ1) is 9.80. The van der Waals surface area contributed by atoms with Gasteiger partial charge in [0.2, 0.25) is 0 Å². The average Bonchev–Trinajstić information content (AvgIpc) is 2.66. The van der Waals surface area contributed by atoms with Gasteiger partial charge in [0, 0.05) is 7.05 Å². The van der Waals surface area contributed by atoms with Crippen molar-refractivity contribution in [1.82, 2.24) is 9.78 Å². The monoisotopic (exact) mass is 323 g/mol. The third-order valence-corrected chi connectivity index (χ3v) is 2.31. The van der Waals surface area contributed by atoms with E-state index in [0.29, 0.717) is 4.68 Å². The number of hydrogen-bond acceptors (Lipinski definition) is 4. The van der Waals surface area contributed by atoms with Crippen molar-refractivity contribution in [2.45, 2.75) is 39.1 Å². The van der Waals surface area contributed by atoms with Crippen LogP contribution in [0.3, 0.4) is 0 Å². The number of nitrogens with zero attached hydrogens (tertiary/aromatic N) is 3. The van der Waals surface area contributed by atoms with Crippen LogP contribution in [0.1, 0.15) is 31.3 Å². The average molecular weight is 323 g/mol. The fourth-order valence-electron chi connectivity index (χ4n) is 1.50. The number of ether oxygens (including phenoxy) is 1. The molecular formula is C12H16F3N3O4. The van der Waals surface area contributed by atoms with Gasteiger partial charge < -0.3 is 9.84 Å². The Bertz CT molecular complexity index is 575. The maximum absolute atomic E-state index is 12.4. The predicted octanol–water partition coefficient (Wildman–Crippen LogP) is 2.51. The third kappa shape index (κ3) is 4.93. The molecule has 124 valence electrons. The van der Waals surface area contributed by atoms with Crippen LogP contribution < -0.4 is 4.90 Å². The molecule has 1 N–H and O–H groups in total. The molecule has 7 nitrogen and oxygen atoms in total. The summed E-state index contributed by atoms with van der Waals surface area (Å²) in [7, 11) is 1.19. The van der Waals surface area contributed by atoms with Crippen LogP contribution in [0.15, 0.2) is 6.20 Å². The first-order valence-electron chi connectivity index (χ1n) is 6.14. The lowest BCUT2D eigenvalue weighted by Crippen LogP contribution is -2.34. The molecule has 1 heterocycles. The number of carbonyl (C=O) groups is 2. The zero-order valence-corrected chi connectivity index (χ0v) is 12.4. The third-order valence-electron chi connectivity index (χ3n) is 2.31. The van der Waals surface area contributed by atoms with Gasteiger partial charge in [0.25, 0.3) is 0 Å². The van der Waals surface area contributed by atoms with Gasteiger partial charge in [-0.2, -0.15) is 18.3 Å². The highest BCUT2D eigenvalue weighted by molar-refractivity contribution is 5.98. The number of alkyl halides is 3. The maximum Gasteiger partial charge on any atom is 0.414 e. The number of carboxylic acid groups (broad SMARTS) is 1. The number of amides is 1. The van der Waals surface area contributed by atoms with Gasteiger partial charge >= 0.3 is 18.2 Å². The van der Waals surface area contributed by atoms with E-state index in [4.69, 9.17) is 9.84 Å². The van der Waals surface area contributed by atoms with Crippen LogP contribution >= 0.6 is 0 Å². The highest BCUT2D eigenvalue weighted by atomic mass is 19.4. The second-order valence-corrected chi connectivity index (χ2v) is 5.52. The lowest BCUT2D eigenvalue weighted by atomic mass is 10.2. The van der Waals surface area contributed by atoms with E-state index in [-0.39, 0.29) is 5.69 Å². The number of carboxylic acids is 1. The summed E-state index contributed by atoms with van der Waals surface area (Å²) < 4.78 is 42.5. The molecule has 1 amide bonds. The Kier molecular flexibility index (Phi) is 4.73. The molecular weight excluding hydrogens is 307 g/mol. The first kappa shape index (κ1) is 17.8. The zero-order chi connectivity index (χ0) is 17.3. The quantitative estimate of drug-likeness (QED) is 0.924. The number of rotatable bonds is 3. The molecule has 0 radical (unpaired) electrons. The SMILES string of the molecule is CN(C(=O)OC(C)(C)C)c1cn(CC(F)(F)F)nc1C(=O)O. The largest absolute Gasteiger partial charge is 0.476 e. The topological polar surface area (TPSA) is 84.7 Å². The van der Waals surface area contributed by atoms with Crippen molar-refractivity contribution < 1.29 is 32.6 Å².